The average molecular weight is 291 g/mol. The van der Waals surface area contributed by atoms with Crippen LogP contribution in [0.25, 0.3) is 0 Å². The molecule has 0 aromatic heterocycles. The van der Waals surface area contributed by atoms with Gasteiger partial charge in [-0.2, -0.15) is 0 Å². The Morgan fingerprint density at radius 2 is 2.00 bits per heavy atom. The Labute approximate surface area is 104 Å². The van der Waals surface area contributed by atoms with E-state index in [1.54, 1.807) is 6.07 Å². The molecule has 0 aliphatic carbocycles. The summed E-state index contributed by atoms with van der Waals surface area (Å²) in [5.41, 5.74) is -0.842. The van der Waals surface area contributed by atoms with Crippen molar-refractivity contribution in [1.82, 2.24) is 0 Å². The van der Waals surface area contributed by atoms with Crippen LogP contribution in [0.5, 0.6) is 5.75 Å². The molecule has 90 valence electrons. The third-order valence-corrected chi connectivity index (χ3v) is 3.36. The maximum atomic E-state index is 13.0. The molecule has 0 radical (unpaired) electrons. The van der Waals surface area contributed by atoms with E-state index < -0.39 is 5.60 Å². The summed E-state index contributed by atoms with van der Waals surface area (Å²) in [6.45, 7) is 3.96. The summed E-state index contributed by atoms with van der Waals surface area (Å²) in [5.74, 6) is 0.0649. The van der Waals surface area contributed by atoms with Gasteiger partial charge in [0.2, 0.25) is 0 Å². The van der Waals surface area contributed by atoms with Gasteiger partial charge in [-0.25, -0.2) is 4.39 Å². The summed E-state index contributed by atoms with van der Waals surface area (Å²) in [5, 5.41) is 10.0. The van der Waals surface area contributed by atoms with Gasteiger partial charge in [0, 0.05) is 6.07 Å². The molecule has 0 heterocycles. The minimum Gasteiger partial charge on any atom is -0.489 e. The summed E-state index contributed by atoms with van der Waals surface area (Å²) in [7, 11) is 0. The normalized spacial score (nSPS) is 11.6. The lowest BCUT2D eigenvalue weighted by atomic mass is 9.99. The summed E-state index contributed by atoms with van der Waals surface area (Å²) in [6, 6.07) is 4.24. The van der Waals surface area contributed by atoms with Crippen LogP contribution in [0.15, 0.2) is 22.7 Å². The summed E-state index contributed by atoms with van der Waals surface area (Å²) in [6.07, 6.45) is 1.22. The second-order valence-corrected chi connectivity index (χ2v) is 4.65. The fourth-order valence-electron chi connectivity index (χ4n) is 1.25. The Bertz CT molecular complexity index is 351. The van der Waals surface area contributed by atoms with Gasteiger partial charge in [-0.3, -0.25) is 0 Å². The van der Waals surface area contributed by atoms with Crippen LogP contribution in [0.2, 0.25) is 0 Å². The first kappa shape index (κ1) is 13.5. The number of rotatable bonds is 5. The lowest BCUT2D eigenvalue weighted by Crippen LogP contribution is -2.34. The second kappa shape index (κ2) is 5.64. The van der Waals surface area contributed by atoms with Crippen molar-refractivity contribution in [2.45, 2.75) is 32.3 Å². The number of halogens is 2. The predicted molar refractivity (Wildman–Crippen MR) is 65.1 cm³/mol. The Hall–Kier alpha value is -0.610. The Morgan fingerprint density at radius 1 is 1.38 bits per heavy atom. The minimum absolute atomic E-state index is 0.169. The molecule has 0 fully saturated rings. The molecular weight excluding hydrogens is 275 g/mol. The van der Waals surface area contributed by atoms with E-state index in [1.807, 2.05) is 13.8 Å². The quantitative estimate of drug-likeness (QED) is 0.899. The molecule has 0 unspecified atom stereocenters. The van der Waals surface area contributed by atoms with Crippen LogP contribution in [-0.2, 0) is 0 Å². The maximum Gasteiger partial charge on any atom is 0.136 e. The molecule has 16 heavy (non-hydrogen) atoms. The van der Waals surface area contributed by atoms with Crippen LogP contribution in [0.3, 0.4) is 0 Å². The van der Waals surface area contributed by atoms with Gasteiger partial charge in [0.15, 0.2) is 0 Å². The highest BCUT2D eigenvalue weighted by atomic mass is 79.9. The largest absolute Gasteiger partial charge is 0.489 e. The monoisotopic (exact) mass is 290 g/mol. The van der Waals surface area contributed by atoms with Crippen LogP contribution in [0, 0.1) is 5.82 Å². The van der Waals surface area contributed by atoms with E-state index in [0.29, 0.717) is 23.1 Å². The molecule has 0 aliphatic heterocycles. The van der Waals surface area contributed by atoms with E-state index >= 15 is 0 Å². The zero-order chi connectivity index (χ0) is 12.2. The number of hydrogen-bond acceptors (Lipinski definition) is 2. The molecule has 1 aromatic carbocycles. The molecule has 0 saturated carbocycles. The highest BCUT2D eigenvalue weighted by Crippen LogP contribution is 2.27. The van der Waals surface area contributed by atoms with Crippen molar-refractivity contribution < 1.29 is 14.2 Å². The molecule has 1 rings (SSSR count). The minimum atomic E-state index is -0.842. The molecule has 0 saturated heterocycles. The van der Waals surface area contributed by atoms with Gasteiger partial charge in [0.1, 0.15) is 18.2 Å². The molecular formula is C12H16BrFO2. The zero-order valence-corrected chi connectivity index (χ0v) is 11.1. The van der Waals surface area contributed by atoms with Crippen LogP contribution in [0.1, 0.15) is 26.7 Å². The smallest absolute Gasteiger partial charge is 0.136 e. The average Bonchev–Trinajstić information content (AvgIpc) is 2.30. The fourth-order valence-corrected chi connectivity index (χ4v) is 1.62. The van der Waals surface area contributed by atoms with Crippen molar-refractivity contribution in [1.29, 1.82) is 0 Å². The number of aliphatic hydroxyl groups is 1. The van der Waals surface area contributed by atoms with Crippen molar-refractivity contribution in [3.8, 4) is 5.75 Å². The molecule has 0 atom stereocenters. The highest BCUT2D eigenvalue weighted by Gasteiger charge is 2.23. The molecule has 2 nitrogen and oxygen atoms in total. The summed E-state index contributed by atoms with van der Waals surface area (Å²) in [4.78, 5) is 0. The van der Waals surface area contributed by atoms with E-state index in [9.17, 15) is 9.50 Å². The number of benzene rings is 1. The van der Waals surface area contributed by atoms with Crippen molar-refractivity contribution >= 4 is 15.9 Å². The van der Waals surface area contributed by atoms with Gasteiger partial charge in [0.05, 0.1) is 10.1 Å². The van der Waals surface area contributed by atoms with Crippen LogP contribution in [-0.4, -0.2) is 17.3 Å². The van der Waals surface area contributed by atoms with Gasteiger partial charge in [-0.05, 0) is 40.9 Å². The zero-order valence-electron chi connectivity index (χ0n) is 9.46. The third kappa shape index (κ3) is 3.46. The van der Waals surface area contributed by atoms with Gasteiger partial charge < -0.3 is 9.84 Å². The van der Waals surface area contributed by atoms with E-state index in [4.69, 9.17) is 4.74 Å². The van der Waals surface area contributed by atoms with Crippen molar-refractivity contribution in [3.05, 3.63) is 28.5 Å². The second-order valence-electron chi connectivity index (χ2n) is 3.79. The van der Waals surface area contributed by atoms with E-state index in [-0.39, 0.29) is 12.4 Å². The lowest BCUT2D eigenvalue weighted by molar-refractivity contribution is -0.0116. The van der Waals surface area contributed by atoms with E-state index in [0.717, 1.165) is 0 Å². The van der Waals surface area contributed by atoms with Crippen LogP contribution in [0.4, 0.5) is 4.39 Å². The van der Waals surface area contributed by atoms with Crippen LogP contribution >= 0.6 is 15.9 Å². The lowest BCUT2D eigenvalue weighted by Gasteiger charge is -2.25. The number of ether oxygens (including phenoxy) is 1. The summed E-state index contributed by atoms with van der Waals surface area (Å²) >= 11 is 3.27. The molecule has 1 N–H and O–H groups in total. The van der Waals surface area contributed by atoms with Gasteiger partial charge in [-0.1, -0.05) is 13.8 Å². The standard InChI is InChI=1S/C12H16BrFO2/c1-3-12(15,4-2)8-16-11-7-9(14)5-6-10(11)13/h5-7,15H,3-4,8H2,1-2H3. The topological polar surface area (TPSA) is 29.5 Å². The molecule has 0 aliphatic rings. The maximum absolute atomic E-state index is 13.0. The van der Waals surface area contributed by atoms with Gasteiger partial charge in [-0.15, -0.1) is 0 Å². The molecule has 0 bridgehead atoms. The van der Waals surface area contributed by atoms with Crippen molar-refractivity contribution in [2.75, 3.05) is 6.61 Å². The fraction of sp³-hybridized carbons (Fsp3) is 0.500. The molecule has 1 aromatic rings. The molecule has 4 heteroatoms. The first-order chi connectivity index (χ1) is 7.50. The first-order valence-corrected chi connectivity index (χ1v) is 6.10. The first-order valence-electron chi connectivity index (χ1n) is 5.31. The Balaban J connectivity index is 2.70. The van der Waals surface area contributed by atoms with Crippen molar-refractivity contribution in [2.24, 2.45) is 0 Å². The van der Waals surface area contributed by atoms with E-state index in [1.165, 1.54) is 12.1 Å². The SMILES string of the molecule is CCC(O)(CC)COc1cc(F)ccc1Br. The highest BCUT2D eigenvalue weighted by molar-refractivity contribution is 9.10. The van der Waals surface area contributed by atoms with Gasteiger partial charge in [0.25, 0.3) is 0 Å². The van der Waals surface area contributed by atoms with E-state index in [2.05, 4.69) is 15.9 Å². The Morgan fingerprint density at radius 3 is 2.56 bits per heavy atom. The predicted octanol–water partition coefficient (Wildman–Crippen LogP) is 3.52. The van der Waals surface area contributed by atoms with Crippen molar-refractivity contribution in [3.63, 3.8) is 0 Å². The number of hydrogen-bond donors (Lipinski definition) is 1. The molecule has 0 spiro atoms. The molecule has 0 amide bonds. The Kier molecular flexibility index (Phi) is 4.74. The summed E-state index contributed by atoms with van der Waals surface area (Å²) < 4.78 is 19.1. The van der Waals surface area contributed by atoms with Crippen LogP contribution < -0.4 is 4.74 Å². The van der Waals surface area contributed by atoms with Gasteiger partial charge >= 0.3 is 0 Å². The third-order valence-electron chi connectivity index (χ3n) is 2.71.